The van der Waals surface area contributed by atoms with Crippen LogP contribution in [0.4, 0.5) is 0 Å². The summed E-state index contributed by atoms with van der Waals surface area (Å²) in [5.41, 5.74) is 0. The molecule has 0 aromatic carbocycles. The summed E-state index contributed by atoms with van der Waals surface area (Å²) in [6.45, 7) is 0. The van der Waals surface area contributed by atoms with E-state index in [4.69, 9.17) is 21.4 Å². The SMILES string of the molecule is [K+].[K+].[K+].[K+].[O]=[Ti]([O-])[O-].[O]=[Ti]([O-])[O-]. The molecule has 0 aromatic rings. The van der Waals surface area contributed by atoms with Gasteiger partial charge in [-0.2, -0.15) is 0 Å². The van der Waals surface area contributed by atoms with Gasteiger partial charge in [0.15, 0.2) is 0 Å². The summed E-state index contributed by atoms with van der Waals surface area (Å²) in [5.74, 6) is 0. The number of rotatable bonds is 0. The molecular formula is K4O6Ti2. The first-order valence-corrected chi connectivity index (χ1v) is 5.05. The predicted octanol–water partition coefficient (Wildman–Crippen LogP) is -17.0. The van der Waals surface area contributed by atoms with Gasteiger partial charge in [-0.15, -0.1) is 0 Å². The molecule has 0 aromatic heterocycles. The van der Waals surface area contributed by atoms with Gasteiger partial charge in [0, 0.05) is 0 Å². The van der Waals surface area contributed by atoms with Gasteiger partial charge in [0.2, 0.25) is 0 Å². The van der Waals surface area contributed by atoms with Crippen molar-refractivity contribution in [3.8, 4) is 0 Å². The molecule has 0 aliphatic carbocycles. The van der Waals surface area contributed by atoms with Crippen molar-refractivity contribution in [3.63, 3.8) is 0 Å². The molecule has 0 atom stereocenters. The molecule has 0 saturated carbocycles. The first-order valence-electron chi connectivity index (χ1n) is 1.22. The minimum atomic E-state index is -4.08. The zero-order valence-electron chi connectivity index (χ0n) is 7.45. The standard InChI is InChI=1S/4K.6O.2Ti/q4*+1;;;4*-1;;. The fourth-order valence-electron chi connectivity index (χ4n) is 0. The van der Waals surface area contributed by atoms with Crippen molar-refractivity contribution in [1.29, 1.82) is 0 Å². The third kappa shape index (κ3) is 85.4. The quantitative estimate of drug-likeness (QED) is 0.400. The zero-order chi connectivity index (χ0) is 7.15. The summed E-state index contributed by atoms with van der Waals surface area (Å²) in [4.78, 5) is 0. The molecule has 0 fully saturated rings. The molecule has 12 heavy (non-hydrogen) atoms. The Hall–Kier alpha value is 7.41. The van der Waals surface area contributed by atoms with Crippen LogP contribution in [0.3, 0.4) is 0 Å². The van der Waals surface area contributed by atoms with E-state index in [2.05, 4.69) is 0 Å². The minimum absolute atomic E-state index is 0. The molecule has 0 saturated heterocycles. The van der Waals surface area contributed by atoms with Gasteiger partial charge in [-0.1, -0.05) is 0 Å². The summed E-state index contributed by atoms with van der Waals surface area (Å²) in [7, 11) is 0. The van der Waals surface area contributed by atoms with Crippen LogP contribution in [0.5, 0.6) is 0 Å². The summed E-state index contributed by atoms with van der Waals surface area (Å²) >= 11 is -8.17. The predicted molar refractivity (Wildman–Crippen MR) is 1.37 cm³/mol. The first-order chi connectivity index (χ1) is 3.46. The van der Waals surface area contributed by atoms with Crippen LogP contribution in [0.15, 0.2) is 0 Å². The van der Waals surface area contributed by atoms with Gasteiger partial charge in [0.25, 0.3) is 0 Å². The van der Waals surface area contributed by atoms with Gasteiger partial charge in [-0.25, -0.2) is 0 Å². The van der Waals surface area contributed by atoms with Crippen molar-refractivity contribution >= 4 is 0 Å². The molecule has 0 aliphatic rings. The Bertz CT molecular complexity index is 75.5. The number of hydrogen-bond acceptors (Lipinski definition) is 6. The molecule has 0 rings (SSSR count). The van der Waals surface area contributed by atoms with Crippen molar-refractivity contribution < 1.29 is 264 Å². The Morgan fingerprint density at radius 2 is 0.583 bits per heavy atom. The second kappa shape index (κ2) is 31.0. The maximum absolute atomic E-state index is 8.58. The van der Waals surface area contributed by atoms with E-state index < -0.39 is 37.2 Å². The summed E-state index contributed by atoms with van der Waals surface area (Å²) in [6, 6.07) is 0. The van der Waals surface area contributed by atoms with Crippen LogP contribution in [-0.2, 0) is 43.9 Å². The normalized spacial score (nSPS) is 4.33. The summed E-state index contributed by atoms with van der Waals surface area (Å²) in [5, 5.41) is 0. The Morgan fingerprint density at radius 1 is 0.583 bits per heavy atom. The van der Waals surface area contributed by atoms with E-state index in [1.54, 1.807) is 0 Å². The molecule has 0 amide bonds. The molecule has 0 radical (unpaired) electrons. The third-order valence-corrected chi connectivity index (χ3v) is 0. The van der Waals surface area contributed by atoms with Crippen molar-refractivity contribution in [1.82, 2.24) is 0 Å². The zero-order valence-corrected chi connectivity index (χ0v) is 23.1. The third-order valence-electron chi connectivity index (χ3n) is 0. The molecule has 6 nitrogen and oxygen atoms in total. The van der Waals surface area contributed by atoms with Crippen LogP contribution in [0, 0.1) is 0 Å². The Balaban J connectivity index is -0.0000000112. The van der Waals surface area contributed by atoms with Gasteiger partial charge >= 0.3 is 264 Å². The fraction of sp³-hybridized carbons (Fsp3) is 0. The van der Waals surface area contributed by atoms with Gasteiger partial charge < -0.3 is 0 Å². The summed E-state index contributed by atoms with van der Waals surface area (Å²) < 4.78 is 51.5. The molecule has 0 heterocycles. The molecule has 12 heteroatoms. The van der Waals surface area contributed by atoms with Crippen molar-refractivity contribution in [2.45, 2.75) is 0 Å². The molecule has 0 aliphatic heterocycles. The molecule has 0 N–H and O–H groups in total. The van der Waals surface area contributed by atoms with E-state index in [9.17, 15) is 0 Å². The number of hydrogen-bond donors (Lipinski definition) is 0. The average molecular weight is 348 g/mol. The van der Waals surface area contributed by atoms with Crippen LogP contribution in [0.1, 0.15) is 0 Å². The molecule has 0 unspecified atom stereocenters. The Labute approximate surface area is 254 Å². The Morgan fingerprint density at radius 3 is 0.583 bits per heavy atom. The van der Waals surface area contributed by atoms with E-state index in [-0.39, 0.29) is 206 Å². The fourth-order valence-corrected chi connectivity index (χ4v) is 0. The van der Waals surface area contributed by atoms with Gasteiger partial charge in [0.1, 0.15) is 0 Å². The van der Waals surface area contributed by atoms with Crippen LogP contribution in [0.2, 0.25) is 0 Å². The van der Waals surface area contributed by atoms with E-state index in [0.29, 0.717) is 0 Å². The van der Waals surface area contributed by atoms with Crippen LogP contribution in [0.25, 0.3) is 0 Å². The molecule has 0 spiro atoms. The first kappa shape index (κ1) is 36.6. The van der Waals surface area contributed by atoms with Gasteiger partial charge in [0.05, 0.1) is 0 Å². The van der Waals surface area contributed by atoms with Crippen molar-refractivity contribution in [3.05, 3.63) is 0 Å². The van der Waals surface area contributed by atoms with E-state index in [1.165, 1.54) is 0 Å². The molecular weight excluding hydrogens is 348 g/mol. The topological polar surface area (TPSA) is 126 Å². The average Bonchev–Trinajstić information content (AvgIpc) is 1.25. The van der Waals surface area contributed by atoms with Crippen LogP contribution >= 0.6 is 0 Å². The van der Waals surface area contributed by atoms with Crippen molar-refractivity contribution in [2.75, 3.05) is 0 Å². The van der Waals surface area contributed by atoms with E-state index in [0.717, 1.165) is 0 Å². The van der Waals surface area contributed by atoms with E-state index in [1.807, 2.05) is 0 Å². The van der Waals surface area contributed by atoms with Crippen molar-refractivity contribution in [2.24, 2.45) is 0 Å². The molecule has 48 valence electrons. The van der Waals surface area contributed by atoms with Gasteiger partial charge in [-0.3, -0.25) is 0 Å². The summed E-state index contributed by atoms with van der Waals surface area (Å²) in [6.07, 6.45) is 0. The van der Waals surface area contributed by atoms with Gasteiger partial charge in [-0.05, 0) is 0 Å². The van der Waals surface area contributed by atoms with Crippen LogP contribution < -0.4 is 220 Å². The maximum atomic E-state index is 8.58. The van der Waals surface area contributed by atoms with Crippen LogP contribution in [-0.4, -0.2) is 0 Å². The monoisotopic (exact) mass is 348 g/mol. The second-order valence-electron chi connectivity index (χ2n) is 0.500. The van der Waals surface area contributed by atoms with E-state index >= 15 is 0 Å². The second-order valence-corrected chi connectivity index (χ2v) is 2.06. The Kier molecular flexibility index (Phi) is 94.6. The molecule has 0 bridgehead atoms.